The fourth-order valence-electron chi connectivity index (χ4n) is 2.18. The van der Waals surface area contributed by atoms with Crippen molar-refractivity contribution in [3.8, 4) is 5.75 Å². The van der Waals surface area contributed by atoms with E-state index in [1.54, 1.807) is 0 Å². The number of hydrogen-bond donors (Lipinski definition) is 3. The van der Waals surface area contributed by atoms with Gasteiger partial charge in [-0.05, 0) is 37.3 Å². The SMILES string of the molecule is CCOc1ccc(C)cc1C(C)(C)CC.CNC(=O)NNc1nc(SOOC)ns1. The fraction of sp³-hybridized carbons (Fsp3) is 0.526. The average Bonchev–Trinajstić information content (AvgIpc) is 3.20. The van der Waals surface area contributed by atoms with Crippen molar-refractivity contribution in [3.05, 3.63) is 29.3 Å². The number of carbonyl (C=O) groups is 1. The van der Waals surface area contributed by atoms with E-state index in [1.807, 2.05) is 6.92 Å². The largest absolute Gasteiger partial charge is 0.494 e. The summed E-state index contributed by atoms with van der Waals surface area (Å²) in [6, 6.07) is 6.08. The molecule has 9 nitrogen and oxygen atoms in total. The lowest BCUT2D eigenvalue weighted by Gasteiger charge is -2.26. The summed E-state index contributed by atoms with van der Waals surface area (Å²) in [6.45, 7) is 11.6. The summed E-state index contributed by atoms with van der Waals surface area (Å²) in [4.78, 5) is 19.1. The molecule has 1 aromatic carbocycles. The van der Waals surface area contributed by atoms with E-state index in [0.717, 1.165) is 42.4 Å². The summed E-state index contributed by atoms with van der Waals surface area (Å²) in [5.41, 5.74) is 7.73. The van der Waals surface area contributed by atoms with E-state index < -0.39 is 0 Å². The van der Waals surface area contributed by atoms with Gasteiger partial charge in [0.15, 0.2) is 0 Å². The lowest BCUT2D eigenvalue weighted by Crippen LogP contribution is -2.36. The van der Waals surface area contributed by atoms with Crippen LogP contribution in [0.25, 0.3) is 0 Å². The van der Waals surface area contributed by atoms with Crippen LogP contribution in [0, 0.1) is 6.92 Å². The van der Waals surface area contributed by atoms with Gasteiger partial charge in [-0.25, -0.2) is 15.1 Å². The van der Waals surface area contributed by atoms with Gasteiger partial charge in [0, 0.05) is 18.6 Å². The van der Waals surface area contributed by atoms with Crippen molar-refractivity contribution in [1.82, 2.24) is 20.1 Å². The van der Waals surface area contributed by atoms with Gasteiger partial charge >= 0.3 is 6.03 Å². The molecule has 3 N–H and O–H groups in total. The molecule has 1 heterocycles. The lowest BCUT2D eigenvalue weighted by molar-refractivity contribution is -0.160. The third kappa shape index (κ3) is 8.74. The number of urea groups is 1. The quantitative estimate of drug-likeness (QED) is 0.288. The van der Waals surface area contributed by atoms with Crippen molar-refractivity contribution < 1.29 is 18.8 Å². The highest BCUT2D eigenvalue weighted by molar-refractivity contribution is 7.94. The van der Waals surface area contributed by atoms with Crippen LogP contribution < -0.4 is 20.9 Å². The van der Waals surface area contributed by atoms with E-state index in [4.69, 9.17) is 4.74 Å². The van der Waals surface area contributed by atoms with Crippen LogP contribution in [0.15, 0.2) is 23.4 Å². The first-order chi connectivity index (χ1) is 14.3. The number of hydrogen-bond acceptors (Lipinski definition) is 9. The molecule has 11 heteroatoms. The van der Waals surface area contributed by atoms with Crippen LogP contribution in [0.4, 0.5) is 9.93 Å². The number of benzene rings is 1. The Bertz CT molecular complexity index is 786. The zero-order valence-electron chi connectivity index (χ0n) is 18.5. The van der Waals surface area contributed by atoms with Gasteiger partial charge in [0.25, 0.3) is 0 Å². The molecule has 0 fully saturated rings. The van der Waals surface area contributed by atoms with Gasteiger partial charge < -0.3 is 10.1 Å². The molecule has 0 radical (unpaired) electrons. The summed E-state index contributed by atoms with van der Waals surface area (Å²) in [7, 11) is 2.89. The molecule has 0 saturated heterocycles. The summed E-state index contributed by atoms with van der Waals surface area (Å²) < 4.78 is 14.1. The third-order valence-corrected chi connectivity index (χ3v) is 5.42. The maximum atomic E-state index is 10.8. The van der Waals surface area contributed by atoms with Gasteiger partial charge in [-0.2, -0.15) is 13.7 Å². The second-order valence-electron chi connectivity index (χ2n) is 6.70. The molecule has 2 amide bonds. The first-order valence-corrected chi connectivity index (χ1v) is 11.0. The third-order valence-electron chi connectivity index (χ3n) is 4.14. The van der Waals surface area contributed by atoms with E-state index in [1.165, 1.54) is 25.3 Å². The van der Waals surface area contributed by atoms with Crippen molar-refractivity contribution in [1.29, 1.82) is 0 Å². The summed E-state index contributed by atoms with van der Waals surface area (Å²) in [5.74, 6) is 1.04. The van der Waals surface area contributed by atoms with Crippen LogP contribution in [-0.4, -0.2) is 36.2 Å². The van der Waals surface area contributed by atoms with Crippen LogP contribution in [0.5, 0.6) is 5.75 Å². The highest BCUT2D eigenvalue weighted by Gasteiger charge is 2.22. The molecule has 0 saturated carbocycles. The molecule has 0 atom stereocenters. The molecule has 2 rings (SSSR count). The molecule has 0 unspecified atom stereocenters. The van der Waals surface area contributed by atoms with Gasteiger partial charge in [0.05, 0.1) is 13.7 Å². The smallest absolute Gasteiger partial charge is 0.333 e. The number of carbonyl (C=O) groups excluding carboxylic acids is 1. The second-order valence-corrected chi connectivity index (χ2v) is 8.12. The minimum Gasteiger partial charge on any atom is -0.494 e. The Hall–Kier alpha value is -2.08. The standard InChI is InChI=1S/C14H22O.C5H9N5O3S2/c1-6-14(4,5)12-10-11(3)8-9-13(12)15-7-2;1-6-3(11)8-9-4-7-5(10-14-4)15-13-12-2/h8-10H,6-7H2,1-5H3;1-2H3,(H2,6,8,11)(H,7,9,10). The maximum Gasteiger partial charge on any atom is 0.333 e. The molecule has 1 aromatic heterocycles. The lowest BCUT2D eigenvalue weighted by atomic mass is 9.81. The summed E-state index contributed by atoms with van der Waals surface area (Å²) in [6.07, 6.45) is 1.12. The van der Waals surface area contributed by atoms with Crippen LogP contribution in [0.1, 0.15) is 45.2 Å². The van der Waals surface area contributed by atoms with Crippen LogP contribution >= 0.6 is 23.6 Å². The van der Waals surface area contributed by atoms with E-state index in [0.29, 0.717) is 10.3 Å². The zero-order chi connectivity index (χ0) is 22.6. The van der Waals surface area contributed by atoms with Gasteiger partial charge in [-0.1, -0.05) is 38.5 Å². The van der Waals surface area contributed by atoms with Crippen molar-refractivity contribution >= 4 is 34.7 Å². The number of aromatic nitrogens is 2. The molecular weight excluding hydrogens is 426 g/mol. The summed E-state index contributed by atoms with van der Waals surface area (Å²) >= 11 is 1.96. The van der Waals surface area contributed by atoms with Gasteiger partial charge in [-0.3, -0.25) is 5.43 Å². The number of anilines is 1. The van der Waals surface area contributed by atoms with Gasteiger partial charge in [0.2, 0.25) is 10.3 Å². The Kier molecular flexibility index (Phi) is 11.5. The molecule has 0 aliphatic rings. The molecule has 0 aliphatic heterocycles. The number of aryl methyl sites for hydroxylation is 1. The maximum absolute atomic E-state index is 10.8. The van der Waals surface area contributed by atoms with Crippen molar-refractivity contribution in [2.75, 3.05) is 26.2 Å². The molecule has 0 bridgehead atoms. The predicted molar refractivity (Wildman–Crippen MR) is 121 cm³/mol. The number of ether oxygens (including phenoxy) is 1. The number of rotatable bonds is 9. The number of amides is 2. The molecule has 30 heavy (non-hydrogen) atoms. The number of hydrazine groups is 1. The number of nitrogens with zero attached hydrogens (tertiary/aromatic N) is 2. The first kappa shape index (κ1) is 26.0. The van der Waals surface area contributed by atoms with Crippen LogP contribution in [-0.2, 0) is 14.6 Å². The Morgan fingerprint density at radius 1 is 1.30 bits per heavy atom. The Labute approximate surface area is 186 Å². The van der Waals surface area contributed by atoms with E-state index in [9.17, 15) is 4.79 Å². The van der Waals surface area contributed by atoms with E-state index >= 15 is 0 Å². The first-order valence-electron chi connectivity index (χ1n) is 9.46. The monoisotopic (exact) mass is 457 g/mol. The topological polar surface area (TPSA) is 107 Å². The summed E-state index contributed by atoms with van der Waals surface area (Å²) in [5, 5.41) is 3.21. The Morgan fingerprint density at radius 2 is 2.03 bits per heavy atom. The normalized spacial score (nSPS) is 10.6. The molecule has 168 valence electrons. The molecule has 0 spiro atoms. The minimum absolute atomic E-state index is 0.191. The van der Waals surface area contributed by atoms with Crippen molar-refractivity contribution in [3.63, 3.8) is 0 Å². The van der Waals surface area contributed by atoms with Gasteiger partial charge in [0.1, 0.15) is 17.8 Å². The fourth-order valence-corrected chi connectivity index (χ4v) is 3.15. The highest BCUT2D eigenvalue weighted by atomic mass is 32.2. The van der Waals surface area contributed by atoms with E-state index in [2.05, 4.69) is 80.6 Å². The second kappa shape index (κ2) is 13.3. The number of nitrogens with one attached hydrogen (secondary N) is 3. The van der Waals surface area contributed by atoms with Crippen molar-refractivity contribution in [2.45, 2.75) is 51.6 Å². The van der Waals surface area contributed by atoms with Gasteiger partial charge in [-0.15, -0.1) is 0 Å². The van der Waals surface area contributed by atoms with Crippen LogP contribution in [0.2, 0.25) is 0 Å². The predicted octanol–water partition coefficient (Wildman–Crippen LogP) is 4.46. The highest BCUT2D eigenvalue weighted by Crippen LogP contribution is 2.34. The minimum atomic E-state index is -0.368. The van der Waals surface area contributed by atoms with E-state index in [-0.39, 0.29) is 11.4 Å². The molecule has 2 aromatic rings. The Balaban J connectivity index is 0.000000300. The molecule has 0 aliphatic carbocycles. The van der Waals surface area contributed by atoms with Crippen molar-refractivity contribution in [2.24, 2.45) is 0 Å². The average molecular weight is 458 g/mol. The molecular formula is C19H31N5O4S2. The van der Waals surface area contributed by atoms with Crippen LogP contribution in [0.3, 0.4) is 0 Å². The Morgan fingerprint density at radius 3 is 2.63 bits per heavy atom. The zero-order valence-corrected chi connectivity index (χ0v) is 20.1.